The molecule has 0 unspecified atom stereocenters. The second-order valence-electron chi connectivity index (χ2n) is 10.8. The third-order valence-electron chi connectivity index (χ3n) is 8.61. The lowest BCUT2D eigenvalue weighted by molar-refractivity contribution is -0.145. The summed E-state index contributed by atoms with van der Waals surface area (Å²) >= 11 is 0. The summed E-state index contributed by atoms with van der Waals surface area (Å²) in [5, 5.41) is 0. The van der Waals surface area contributed by atoms with Crippen molar-refractivity contribution in [1.29, 1.82) is 0 Å². The highest BCUT2D eigenvalue weighted by molar-refractivity contribution is 5.76. The average molecular weight is 408 g/mol. The minimum atomic E-state index is 0.0341. The third-order valence-corrected chi connectivity index (χ3v) is 8.61. The van der Waals surface area contributed by atoms with E-state index in [-0.39, 0.29) is 23.4 Å². The fourth-order valence-electron chi connectivity index (χ4n) is 6.86. The Balaban J connectivity index is 1.22. The van der Waals surface area contributed by atoms with Crippen molar-refractivity contribution in [3.63, 3.8) is 0 Å². The second-order valence-corrected chi connectivity index (χ2v) is 10.8. The molecule has 30 heavy (non-hydrogen) atoms. The molecule has 162 valence electrons. The Morgan fingerprint density at radius 2 is 1.90 bits per heavy atom. The number of fused-ring (bicyclic) bond motifs is 2. The van der Waals surface area contributed by atoms with Gasteiger partial charge in [0, 0.05) is 12.5 Å². The molecule has 1 aromatic carbocycles. The van der Waals surface area contributed by atoms with Gasteiger partial charge in [0.05, 0.1) is 5.92 Å². The lowest BCUT2D eigenvalue weighted by atomic mass is 9.59. The van der Waals surface area contributed by atoms with Gasteiger partial charge < -0.3 is 9.64 Å². The smallest absolute Gasteiger partial charge is 0.311 e. The summed E-state index contributed by atoms with van der Waals surface area (Å²) in [6.07, 6.45) is 11.2. The molecular formula is C27H37NO2. The van der Waals surface area contributed by atoms with Gasteiger partial charge in [-0.25, -0.2) is 0 Å². The van der Waals surface area contributed by atoms with Crippen LogP contribution in [0.3, 0.4) is 0 Å². The summed E-state index contributed by atoms with van der Waals surface area (Å²) < 4.78 is 5.96. The van der Waals surface area contributed by atoms with Crippen LogP contribution in [-0.2, 0) is 16.0 Å². The lowest BCUT2D eigenvalue weighted by Gasteiger charge is -2.46. The molecule has 0 spiro atoms. The van der Waals surface area contributed by atoms with E-state index < -0.39 is 0 Å². The second kappa shape index (κ2) is 8.15. The van der Waals surface area contributed by atoms with Crippen molar-refractivity contribution in [3.8, 4) is 0 Å². The molecular weight excluding hydrogens is 370 g/mol. The number of benzene rings is 1. The number of allylic oxidation sites excluding steroid dienone is 1. The number of rotatable bonds is 4. The molecule has 2 heterocycles. The van der Waals surface area contributed by atoms with Crippen LogP contribution < -0.4 is 0 Å². The number of ether oxygens (including phenoxy) is 1. The Bertz CT molecular complexity index is 794. The van der Waals surface area contributed by atoms with E-state index in [0.717, 1.165) is 32.0 Å². The zero-order chi connectivity index (χ0) is 20.7. The summed E-state index contributed by atoms with van der Waals surface area (Å²) in [5.41, 5.74) is 3.33. The molecule has 4 aliphatic rings. The quantitative estimate of drug-likeness (QED) is 0.504. The molecule has 2 aliphatic heterocycles. The first-order valence-corrected chi connectivity index (χ1v) is 12.2. The number of hydrogen-bond donors (Lipinski definition) is 0. The molecule has 3 nitrogen and oxygen atoms in total. The van der Waals surface area contributed by atoms with Gasteiger partial charge >= 0.3 is 5.97 Å². The van der Waals surface area contributed by atoms with Crippen molar-refractivity contribution in [2.45, 2.75) is 64.9 Å². The summed E-state index contributed by atoms with van der Waals surface area (Å²) in [7, 11) is 0. The van der Waals surface area contributed by atoms with Crippen LogP contribution in [0.5, 0.6) is 0 Å². The van der Waals surface area contributed by atoms with Crippen molar-refractivity contribution in [1.82, 2.24) is 4.90 Å². The number of carbonyl (C=O) groups excluding carboxylic acids is 1. The monoisotopic (exact) mass is 407 g/mol. The maximum absolute atomic E-state index is 12.8. The third kappa shape index (κ3) is 3.86. The summed E-state index contributed by atoms with van der Waals surface area (Å²) in [6.45, 7) is 7.90. The van der Waals surface area contributed by atoms with Gasteiger partial charge in [0.15, 0.2) is 0 Å². The first-order valence-electron chi connectivity index (χ1n) is 12.2. The van der Waals surface area contributed by atoms with E-state index in [1.54, 1.807) is 5.57 Å². The summed E-state index contributed by atoms with van der Waals surface area (Å²) in [5.74, 6) is 1.82. The molecule has 0 radical (unpaired) electrons. The molecule has 0 aromatic heterocycles. The minimum Gasteiger partial charge on any atom is -0.461 e. The fourth-order valence-corrected chi connectivity index (χ4v) is 6.86. The van der Waals surface area contributed by atoms with Crippen LogP contribution in [0, 0.1) is 29.1 Å². The molecule has 0 bridgehead atoms. The Labute approximate surface area is 181 Å². The molecule has 1 saturated carbocycles. The predicted octanol–water partition coefficient (Wildman–Crippen LogP) is 5.26. The number of carbonyl (C=O) groups is 1. The van der Waals surface area contributed by atoms with Crippen molar-refractivity contribution in [2.75, 3.05) is 19.6 Å². The maximum atomic E-state index is 12.8. The predicted molar refractivity (Wildman–Crippen MR) is 120 cm³/mol. The first kappa shape index (κ1) is 20.3. The van der Waals surface area contributed by atoms with Crippen LogP contribution in [0.2, 0.25) is 0 Å². The topological polar surface area (TPSA) is 29.5 Å². The number of likely N-dealkylation sites (tertiary alicyclic amines) is 1. The maximum Gasteiger partial charge on any atom is 0.311 e. The first-order chi connectivity index (χ1) is 14.5. The van der Waals surface area contributed by atoms with E-state index in [2.05, 4.69) is 55.2 Å². The standard InChI is InChI=1S/C27H37NO2/c1-19-7-6-12-27(2)17-25-22(16-24(19)27)23(26(29)30-25)18-28-13-10-21(11-14-28)15-20-8-4-3-5-9-20/h3-5,8-9,16,19,21-23,25H,6-7,10-15,17-18H2,1-2H3/t19-,22-,23+,25-,27-/m1/s1. The van der Waals surface area contributed by atoms with Crippen LogP contribution >= 0.6 is 0 Å². The average Bonchev–Trinajstić information content (AvgIpc) is 3.02. The van der Waals surface area contributed by atoms with Gasteiger partial charge in [-0.1, -0.05) is 62.2 Å². The highest BCUT2D eigenvalue weighted by atomic mass is 16.6. The van der Waals surface area contributed by atoms with Gasteiger partial charge in [0.1, 0.15) is 6.10 Å². The number of esters is 1. The Morgan fingerprint density at radius 3 is 2.67 bits per heavy atom. The Kier molecular flexibility index (Phi) is 5.51. The number of piperidine rings is 1. The van der Waals surface area contributed by atoms with E-state index >= 15 is 0 Å². The molecule has 5 rings (SSSR count). The van der Waals surface area contributed by atoms with Crippen molar-refractivity contribution >= 4 is 5.97 Å². The van der Waals surface area contributed by atoms with Crippen molar-refractivity contribution in [3.05, 3.63) is 47.5 Å². The number of hydrogen-bond acceptors (Lipinski definition) is 3. The highest BCUT2D eigenvalue weighted by Gasteiger charge is 2.52. The van der Waals surface area contributed by atoms with Crippen LogP contribution in [-0.4, -0.2) is 36.6 Å². The van der Waals surface area contributed by atoms with Crippen LogP contribution in [0.15, 0.2) is 42.0 Å². The Morgan fingerprint density at radius 1 is 1.13 bits per heavy atom. The Hall–Kier alpha value is -1.61. The molecule has 0 amide bonds. The largest absolute Gasteiger partial charge is 0.461 e. The van der Waals surface area contributed by atoms with E-state index in [9.17, 15) is 4.79 Å². The summed E-state index contributed by atoms with van der Waals surface area (Å²) in [6, 6.07) is 10.9. The van der Waals surface area contributed by atoms with E-state index in [1.165, 1.54) is 44.1 Å². The van der Waals surface area contributed by atoms with Gasteiger partial charge in [-0.3, -0.25) is 4.79 Å². The SMILES string of the molecule is C[C@@H]1CCC[C@]2(C)C[C@H]3OC(=O)[C@@H](CN4CCC(Cc5ccccc5)CC4)[C@H]3C=C12. The normalized spacial score (nSPS) is 37.3. The van der Waals surface area contributed by atoms with Crippen molar-refractivity contribution < 1.29 is 9.53 Å². The fraction of sp³-hybridized carbons (Fsp3) is 0.667. The van der Waals surface area contributed by atoms with Crippen LogP contribution in [0.4, 0.5) is 0 Å². The van der Waals surface area contributed by atoms with Gasteiger partial charge in [0.25, 0.3) is 0 Å². The lowest BCUT2D eigenvalue weighted by Crippen LogP contribution is -2.42. The van der Waals surface area contributed by atoms with E-state index in [4.69, 9.17) is 4.74 Å². The molecule has 3 heteroatoms. The minimum absolute atomic E-state index is 0.0341. The van der Waals surface area contributed by atoms with Gasteiger partial charge in [-0.05, 0) is 74.4 Å². The molecule has 1 aromatic rings. The van der Waals surface area contributed by atoms with E-state index in [0.29, 0.717) is 11.8 Å². The van der Waals surface area contributed by atoms with Crippen LogP contribution in [0.25, 0.3) is 0 Å². The molecule has 5 atom stereocenters. The zero-order valence-corrected chi connectivity index (χ0v) is 18.7. The summed E-state index contributed by atoms with van der Waals surface area (Å²) in [4.78, 5) is 15.4. The molecule has 0 N–H and O–H groups in total. The van der Waals surface area contributed by atoms with E-state index in [1.807, 2.05) is 0 Å². The van der Waals surface area contributed by atoms with Crippen molar-refractivity contribution in [2.24, 2.45) is 29.1 Å². The van der Waals surface area contributed by atoms with Crippen LogP contribution in [0.1, 0.15) is 57.9 Å². The van der Waals surface area contributed by atoms with Gasteiger partial charge in [-0.2, -0.15) is 0 Å². The van der Waals surface area contributed by atoms with Gasteiger partial charge in [0.2, 0.25) is 0 Å². The van der Waals surface area contributed by atoms with Gasteiger partial charge in [-0.15, -0.1) is 0 Å². The zero-order valence-electron chi connectivity index (χ0n) is 18.7. The molecule has 2 saturated heterocycles. The molecule has 3 fully saturated rings. The highest BCUT2D eigenvalue weighted by Crippen LogP contribution is 2.54. The molecule has 2 aliphatic carbocycles. The number of nitrogens with zero attached hydrogens (tertiary/aromatic N) is 1.